The first-order valence-electron chi connectivity index (χ1n) is 8.10. The number of likely N-dealkylation sites (tertiary alicyclic amines) is 1. The fourth-order valence-corrected chi connectivity index (χ4v) is 3.16. The van der Waals surface area contributed by atoms with Crippen LogP contribution in [0.1, 0.15) is 17.9 Å². The van der Waals surface area contributed by atoms with Gasteiger partial charge in [0.1, 0.15) is 5.75 Å². The number of halogens is 1. The van der Waals surface area contributed by atoms with Crippen LogP contribution in [-0.4, -0.2) is 36.5 Å². The molecule has 4 nitrogen and oxygen atoms in total. The molecule has 0 saturated carbocycles. The molecular formula is C19H21ClN2O2. The summed E-state index contributed by atoms with van der Waals surface area (Å²) in [7, 11) is 0. The third-order valence-corrected chi connectivity index (χ3v) is 4.60. The molecule has 1 aliphatic rings. The molecule has 126 valence electrons. The number of nitrogens with two attached hydrogens (primary N) is 1. The Kier molecular flexibility index (Phi) is 5.38. The topological polar surface area (TPSA) is 55.6 Å². The maximum atomic E-state index is 12.4. The molecule has 0 unspecified atom stereocenters. The maximum Gasteiger partial charge on any atom is 0.226 e. The quantitative estimate of drug-likeness (QED) is 0.907. The molecule has 0 spiro atoms. The van der Waals surface area contributed by atoms with Crippen molar-refractivity contribution in [2.45, 2.75) is 18.4 Å². The number of ether oxygens (including phenoxy) is 1. The first-order valence-corrected chi connectivity index (χ1v) is 8.48. The molecule has 1 aliphatic heterocycles. The van der Waals surface area contributed by atoms with E-state index in [-0.39, 0.29) is 17.9 Å². The standard InChI is InChI=1S/C19H21ClN2O2/c20-15-6-8-16(9-7-15)24-11-10-19(23)22-12-17(18(21)13-22)14-4-2-1-3-5-14/h1-9,17-18H,10-13,21H2/t17-,18+/m0/s1. The second kappa shape index (κ2) is 7.69. The predicted molar refractivity (Wildman–Crippen MR) is 95.3 cm³/mol. The van der Waals surface area contributed by atoms with Crippen LogP contribution in [0.2, 0.25) is 5.02 Å². The number of hydrogen-bond donors (Lipinski definition) is 1. The molecule has 24 heavy (non-hydrogen) atoms. The van der Waals surface area contributed by atoms with E-state index < -0.39 is 0 Å². The van der Waals surface area contributed by atoms with E-state index in [0.29, 0.717) is 36.9 Å². The minimum atomic E-state index is -0.0199. The molecule has 0 aromatic heterocycles. The van der Waals surface area contributed by atoms with Crippen molar-refractivity contribution in [1.29, 1.82) is 0 Å². The highest BCUT2D eigenvalue weighted by molar-refractivity contribution is 6.30. The van der Waals surface area contributed by atoms with Crippen LogP contribution in [0.3, 0.4) is 0 Å². The highest BCUT2D eigenvalue weighted by atomic mass is 35.5. The molecule has 2 atom stereocenters. The Hall–Kier alpha value is -2.04. The van der Waals surface area contributed by atoms with Gasteiger partial charge >= 0.3 is 0 Å². The summed E-state index contributed by atoms with van der Waals surface area (Å²) in [5.41, 5.74) is 7.43. The SMILES string of the molecule is N[C@@H]1CN(C(=O)CCOc2ccc(Cl)cc2)C[C@H]1c1ccccc1. The van der Waals surface area contributed by atoms with Gasteiger partial charge in [0.15, 0.2) is 0 Å². The molecule has 2 N–H and O–H groups in total. The lowest BCUT2D eigenvalue weighted by atomic mass is 9.95. The Morgan fingerprint density at radius 3 is 2.54 bits per heavy atom. The summed E-state index contributed by atoms with van der Waals surface area (Å²) in [4.78, 5) is 14.2. The highest BCUT2D eigenvalue weighted by Gasteiger charge is 2.33. The summed E-state index contributed by atoms with van der Waals surface area (Å²) in [5.74, 6) is 0.998. The molecule has 2 aromatic rings. The molecule has 3 rings (SSSR count). The van der Waals surface area contributed by atoms with E-state index in [1.807, 2.05) is 23.1 Å². The lowest BCUT2D eigenvalue weighted by Gasteiger charge is -2.16. The maximum absolute atomic E-state index is 12.4. The van der Waals surface area contributed by atoms with Gasteiger partial charge in [0.2, 0.25) is 5.91 Å². The third-order valence-electron chi connectivity index (χ3n) is 4.34. The Labute approximate surface area is 147 Å². The van der Waals surface area contributed by atoms with Crippen molar-refractivity contribution in [3.05, 3.63) is 65.2 Å². The Morgan fingerprint density at radius 2 is 1.83 bits per heavy atom. The van der Waals surface area contributed by atoms with Crippen molar-refractivity contribution in [1.82, 2.24) is 4.90 Å². The number of carbonyl (C=O) groups excluding carboxylic acids is 1. The average Bonchev–Trinajstić information content (AvgIpc) is 2.99. The normalized spacial score (nSPS) is 20.2. The van der Waals surface area contributed by atoms with Crippen LogP contribution >= 0.6 is 11.6 Å². The largest absolute Gasteiger partial charge is 0.493 e. The molecule has 0 radical (unpaired) electrons. The Balaban J connectivity index is 1.50. The zero-order valence-corrected chi connectivity index (χ0v) is 14.2. The van der Waals surface area contributed by atoms with Crippen LogP contribution in [-0.2, 0) is 4.79 Å². The van der Waals surface area contributed by atoms with E-state index in [9.17, 15) is 4.79 Å². The van der Waals surface area contributed by atoms with Gasteiger partial charge < -0.3 is 15.4 Å². The first-order chi connectivity index (χ1) is 11.6. The molecule has 0 aliphatic carbocycles. The molecule has 5 heteroatoms. The van der Waals surface area contributed by atoms with Crippen molar-refractivity contribution in [3.8, 4) is 5.75 Å². The number of benzene rings is 2. The summed E-state index contributed by atoms with van der Waals surface area (Å²) in [6, 6.07) is 17.2. The van der Waals surface area contributed by atoms with Crippen LogP contribution < -0.4 is 10.5 Å². The molecule has 1 fully saturated rings. The van der Waals surface area contributed by atoms with Gasteiger partial charge in [0.05, 0.1) is 13.0 Å². The molecule has 1 saturated heterocycles. The van der Waals surface area contributed by atoms with Crippen molar-refractivity contribution < 1.29 is 9.53 Å². The van der Waals surface area contributed by atoms with Crippen molar-refractivity contribution in [2.24, 2.45) is 5.73 Å². The second-order valence-electron chi connectivity index (χ2n) is 6.03. The first kappa shape index (κ1) is 16.8. The zero-order chi connectivity index (χ0) is 16.9. The van der Waals surface area contributed by atoms with E-state index in [4.69, 9.17) is 22.1 Å². The zero-order valence-electron chi connectivity index (χ0n) is 13.4. The van der Waals surface area contributed by atoms with Gasteiger partial charge in [-0.05, 0) is 29.8 Å². The third kappa shape index (κ3) is 4.08. The fourth-order valence-electron chi connectivity index (χ4n) is 3.03. The van der Waals surface area contributed by atoms with Gasteiger partial charge in [0, 0.05) is 30.1 Å². The van der Waals surface area contributed by atoms with Crippen LogP contribution in [0.15, 0.2) is 54.6 Å². The van der Waals surface area contributed by atoms with E-state index in [1.165, 1.54) is 5.56 Å². The second-order valence-corrected chi connectivity index (χ2v) is 6.47. The van der Waals surface area contributed by atoms with Crippen LogP contribution in [0.5, 0.6) is 5.75 Å². The summed E-state index contributed by atoms with van der Waals surface area (Å²) in [6.07, 6.45) is 0.344. The number of amides is 1. The lowest BCUT2D eigenvalue weighted by molar-refractivity contribution is -0.130. The summed E-state index contributed by atoms with van der Waals surface area (Å²) in [5, 5.41) is 0.663. The van der Waals surface area contributed by atoms with Crippen molar-refractivity contribution >= 4 is 17.5 Å². The molecule has 1 amide bonds. The summed E-state index contributed by atoms with van der Waals surface area (Å²) >= 11 is 5.83. The van der Waals surface area contributed by atoms with Gasteiger partial charge in [-0.15, -0.1) is 0 Å². The van der Waals surface area contributed by atoms with Crippen LogP contribution in [0.4, 0.5) is 0 Å². The Bertz CT molecular complexity index is 676. The molecule has 2 aromatic carbocycles. The number of rotatable bonds is 5. The van der Waals surface area contributed by atoms with Crippen LogP contribution in [0, 0.1) is 0 Å². The van der Waals surface area contributed by atoms with E-state index in [1.54, 1.807) is 24.3 Å². The minimum absolute atomic E-state index is 0.0199. The van der Waals surface area contributed by atoms with Gasteiger partial charge in [-0.2, -0.15) is 0 Å². The van der Waals surface area contributed by atoms with Gasteiger partial charge in [-0.25, -0.2) is 0 Å². The van der Waals surface area contributed by atoms with E-state index >= 15 is 0 Å². The number of nitrogens with zero attached hydrogens (tertiary/aromatic N) is 1. The lowest BCUT2D eigenvalue weighted by Crippen LogP contribution is -2.32. The van der Waals surface area contributed by atoms with E-state index in [2.05, 4.69) is 12.1 Å². The highest BCUT2D eigenvalue weighted by Crippen LogP contribution is 2.26. The summed E-state index contributed by atoms with van der Waals surface area (Å²) in [6.45, 7) is 1.62. The van der Waals surface area contributed by atoms with Crippen molar-refractivity contribution in [3.63, 3.8) is 0 Å². The van der Waals surface area contributed by atoms with Gasteiger partial charge in [0.25, 0.3) is 0 Å². The number of hydrogen-bond acceptors (Lipinski definition) is 3. The minimum Gasteiger partial charge on any atom is -0.493 e. The molecule has 1 heterocycles. The van der Waals surface area contributed by atoms with Gasteiger partial charge in [-0.3, -0.25) is 4.79 Å². The fraction of sp³-hybridized carbons (Fsp3) is 0.316. The van der Waals surface area contributed by atoms with Gasteiger partial charge in [-0.1, -0.05) is 41.9 Å². The van der Waals surface area contributed by atoms with Crippen LogP contribution in [0.25, 0.3) is 0 Å². The number of carbonyl (C=O) groups is 1. The summed E-state index contributed by atoms with van der Waals surface area (Å²) < 4.78 is 5.59. The van der Waals surface area contributed by atoms with Crippen molar-refractivity contribution in [2.75, 3.05) is 19.7 Å². The smallest absolute Gasteiger partial charge is 0.226 e. The van der Waals surface area contributed by atoms with E-state index in [0.717, 1.165) is 0 Å². The Morgan fingerprint density at radius 1 is 1.12 bits per heavy atom. The molecular weight excluding hydrogens is 324 g/mol. The monoisotopic (exact) mass is 344 g/mol. The average molecular weight is 345 g/mol. The predicted octanol–water partition coefficient (Wildman–Crippen LogP) is 3.06. The molecule has 0 bridgehead atoms.